The van der Waals surface area contributed by atoms with Gasteiger partial charge >= 0.3 is 6.01 Å². The molecule has 0 aromatic carbocycles. The van der Waals surface area contributed by atoms with E-state index in [-0.39, 0.29) is 36.6 Å². The molecule has 2 aromatic heterocycles. The van der Waals surface area contributed by atoms with Gasteiger partial charge in [0.1, 0.15) is 6.10 Å². The molecule has 178 valence electrons. The fourth-order valence-corrected chi connectivity index (χ4v) is 4.27. The SMILES string of the molecule is C[C@H]1COCCN1c1nc(O[C@H]2CC[C@H](C(=O)N(C)C)CC2)nc(-c2ccc(CO)nc2)n1. The molecule has 1 saturated heterocycles. The number of ether oxygens (including phenoxy) is 2. The Morgan fingerprint density at radius 3 is 2.64 bits per heavy atom. The van der Waals surface area contributed by atoms with E-state index < -0.39 is 0 Å². The van der Waals surface area contributed by atoms with Gasteiger partial charge in [0, 0.05) is 38.3 Å². The van der Waals surface area contributed by atoms with E-state index in [9.17, 15) is 9.90 Å². The van der Waals surface area contributed by atoms with Crippen LogP contribution in [0.1, 0.15) is 38.3 Å². The number of hydrogen-bond acceptors (Lipinski definition) is 9. The van der Waals surface area contributed by atoms with Crippen LogP contribution in [0.4, 0.5) is 5.95 Å². The van der Waals surface area contributed by atoms with Crippen LogP contribution in [-0.2, 0) is 16.1 Å². The Morgan fingerprint density at radius 2 is 2.00 bits per heavy atom. The number of aliphatic hydroxyl groups is 1. The quantitative estimate of drug-likeness (QED) is 0.693. The summed E-state index contributed by atoms with van der Waals surface area (Å²) in [6.45, 7) is 3.85. The number of aromatic nitrogens is 4. The van der Waals surface area contributed by atoms with Gasteiger partial charge in [-0.1, -0.05) is 0 Å². The lowest BCUT2D eigenvalue weighted by Gasteiger charge is -2.33. The maximum absolute atomic E-state index is 12.3. The van der Waals surface area contributed by atoms with Crippen molar-refractivity contribution in [2.45, 2.75) is 51.4 Å². The maximum Gasteiger partial charge on any atom is 0.322 e. The van der Waals surface area contributed by atoms with Crippen molar-refractivity contribution < 1.29 is 19.4 Å². The Morgan fingerprint density at radius 1 is 1.21 bits per heavy atom. The number of anilines is 1. The normalized spacial score (nSPS) is 23.3. The molecule has 1 saturated carbocycles. The summed E-state index contributed by atoms with van der Waals surface area (Å²) in [5, 5.41) is 9.29. The summed E-state index contributed by atoms with van der Waals surface area (Å²) in [5.41, 5.74) is 1.30. The van der Waals surface area contributed by atoms with E-state index in [2.05, 4.69) is 26.8 Å². The third-order valence-electron chi connectivity index (χ3n) is 6.21. The molecule has 33 heavy (non-hydrogen) atoms. The number of rotatable bonds is 6. The van der Waals surface area contributed by atoms with Gasteiger partial charge in [0.2, 0.25) is 11.9 Å². The average molecular weight is 457 g/mol. The monoisotopic (exact) mass is 456 g/mol. The maximum atomic E-state index is 12.3. The van der Waals surface area contributed by atoms with Crippen LogP contribution in [0.2, 0.25) is 0 Å². The first-order chi connectivity index (χ1) is 15.9. The molecule has 1 aliphatic heterocycles. The standard InChI is InChI=1S/C23H32N6O4/c1-15-14-32-11-10-29(15)22-25-20(17-4-7-18(13-30)24-12-17)26-23(27-22)33-19-8-5-16(6-9-19)21(31)28(2)3/h4,7,12,15-16,19,30H,5-6,8-11,13-14H2,1-3H3/t15-,16-,19-/m0/s1. The zero-order valence-electron chi connectivity index (χ0n) is 19.5. The number of nitrogens with zero attached hydrogens (tertiary/aromatic N) is 6. The predicted octanol–water partition coefficient (Wildman–Crippen LogP) is 1.68. The van der Waals surface area contributed by atoms with Crippen molar-refractivity contribution in [3.05, 3.63) is 24.0 Å². The second kappa shape index (κ2) is 10.4. The lowest BCUT2D eigenvalue weighted by Crippen LogP contribution is -2.44. The first-order valence-corrected chi connectivity index (χ1v) is 11.5. The molecule has 0 radical (unpaired) electrons. The lowest BCUT2D eigenvalue weighted by atomic mass is 9.86. The number of hydrogen-bond donors (Lipinski definition) is 1. The zero-order valence-corrected chi connectivity index (χ0v) is 19.5. The van der Waals surface area contributed by atoms with Crippen LogP contribution in [0.25, 0.3) is 11.4 Å². The molecule has 2 aromatic rings. The van der Waals surface area contributed by atoms with Crippen molar-refractivity contribution >= 4 is 11.9 Å². The Bertz CT molecular complexity index is 946. The van der Waals surface area contributed by atoms with Gasteiger partial charge in [-0.2, -0.15) is 15.0 Å². The summed E-state index contributed by atoms with van der Waals surface area (Å²) in [6, 6.07) is 3.99. The minimum atomic E-state index is -0.124. The van der Waals surface area contributed by atoms with Gasteiger partial charge in [-0.15, -0.1) is 0 Å². The smallest absolute Gasteiger partial charge is 0.322 e. The molecule has 1 aliphatic carbocycles. The Labute approximate surface area is 194 Å². The van der Waals surface area contributed by atoms with E-state index in [0.717, 1.165) is 31.2 Å². The molecular weight excluding hydrogens is 424 g/mol. The minimum absolute atomic E-state index is 0.0451. The largest absolute Gasteiger partial charge is 0.460 e. The first-order valence-electron chi connectivity index (χ1n) is 11.5. The zero-order chi connectivity index (χ0) is 23.4. The second-order valence-electron chi connectivity index (χ2n) is 8.88. The number of morpholine rings is 1. The Balaban J connectivity index is 1.56. The van der Waals surface area contributed by atoms with Crippen molar-refractivity contribution in [2.75, 3.05) is 38.8 Å². The molecule has 0 unspecified atom stereocenters. The first kappa shape index (κ1) is 23.3. The number of aliphatic hydroxyl groups excluding tert-OH is 1. The van der Waals surface area contributed by atoms with Gasteiger partial charge in [-0.05, 0) is 44.7 Å². The topological polar surface area (TPSA) is 114 Å². The molecule has 1 atom stereocenters. The molecule has 4 rings (SSSR count). The molecule has 3 heterocycles. The molecule has 2 aliphatic rings. The highest BCUT2D eigenvalue weighted by atomic mass is 16.5. The molecule has 2 fully saturated rings. The van der Waals surface area contributed by atoms with E-state index in [4.69, 9.17) is 14.5 Å². The van der Waals surface area contributed by atoms with Gasteiger partial charge in [-0.3, -0.25) is 9.78 Å². The number of amides is 1. The van der Waals surface area contributed by atoms with Crippen molar-refractivity contribution in [1.82, 2.24) is 24.8 Å². The highest BCUT2D eigenvalue weighted by Crippen LogP contribution is 2.29. The molecular formula is C23H32N6O4. The van der Waals surface area contributed by atoms with Crippen LogP contribution < -0.4 is 9.64 Å². The van der Waals surface area contributed by atoms with Gasteiger partial charge in [0.05, 0.1) is 31.6 Å². The van der Waals surface area contributed by atoms with E-state index >= 15 is 0 Å². The molecule has 0 spiro atoms. The fraction of sp³-hybridized carbons (Fsp3) is 0.609. The van der Waals surface area contributed by atoms with E-state index in [1.54, 1.807) is 31.3 Å². The highest BCUT2D eigenvalue weighted by Gasteiger charge is 2.29. The molecule has 1 amide bonds. The number of pyridine rings is 1. The molecule has 0 bridgehead atoms. The van der Waals surface area contributed by atoms with Crippen LogP contribution in [0.3, 0.4) is 0 Å². The summed E-state index contributed by atoms with van der Waals surface area (Å²) in [7, 11) is 3.60. The van der Waals surface area contributed by atoms with Gasteiger partial charge in [-0.25, -0.2) is 0 Å². The third kappa shape index (κ3) is 5.56. The average Bonchev–Trinajstić information content (AvgIpc) is 2.84. The molecule has 10 nitrogen and oxygen atoms in total. The fourth-order valence-electron chi connectivity index (χ4n) is 4.27. The van der Waals surface area contributed by atoms with E-state index in [1.165, 1.54) is 0 Å². The van der Waals surface area contributed by atoms with Crippen molar-refractivity contribution in [1.29, 1.82) is 0 Å². The van der Waals surface area contributed by atoms with Crippen molar-refractivity contribution in [3.8, 4) is 17.4 Å². The summed E-state index contributed by atoms with van der Waals surface area (Å²) in [5.74, 6) is 1.25. The van der Waals surface area contributed by atoms with Crippen LogP contribution in [0, 0.1) is 5.92 Å². The Hall–Kier alpha value is -2.85. The lowest BCUT2D eigenvalue weighted by molar-refractivity contribution is -0.134. The van der Waals surface area contributed by atoms with Crippen LogP contribution in [0.15, 0.2) is 18.3 Å². The van der Waals surface area contributed by atoms with Crippen molar-refractivity contribution in [2.24, 2.45) is 5.92 Å². The van der Waals surface area contributed by atoms with Crippen molar-refractivity contribution in [3.63, 3.8) is 0 Å². The van der Waals surface area contributed by atoms with Crippen LogP contribution in [-0.4, -0.2) is 81.8 Å². The molecule has 1 N–H and O–H groups in total. The van der Waals surface area contributed by atoms with Crippen LogP contribution in [0.5, 0.6) is 6.01 Å². The highest BCUT2D eigenvalue weighted by molar-refractivity contribution is 5.78. The van der Waals surface area contributed by atoms with Crippen LogP contribution >= 0.6 is 0 Å². The van der Waals surface area contributed by atoms with Gasteiger partial charge in [0.15, 0.2) is 5.82 Å². The number of carbonyl (C=O) groups excluding carboxylic acids is 1. The summed E-state index contributed by atoms with van der Waals surface area (Å²) < 4.78 is 11.8. The van der Waals surface area contributed by atoms with Gasteiger partial charge in [0.25, 0.3) is 0 Å². The van der Waals surface area contributed by atoms with Gasteiger partial charge < -0.3 is 24.4 Å². The predicted molar refractivity (Wildman–Crippen MR) is 122 cm³/mol. The second-order valence-corrected chi connectivity index (χ2v) is 8.88. The third-order valence-corrected chi connectivity index (χ3v) is 6.21. The summed E-state index contributed by atoms with van der Waals surface area (Å²) in [4.78, 5) is 34.2. The molecule has 10 heteroatoms. The van der Waals surface area contributed by atoms with E-state index in [0.29, 0.717) is 37.2 Å². The summed E-state index contributed by atoms with van der Waals surface area (Å²) in [6.07, 6.45) is 4.74. The Kier molecular flexibility index (Phi) is 7.34. The minimum Gasteiger partial charge on any atom is -0.460 e. The summed E-state index contributed by atoms with van der Waals surface area (Å²) >= 11 is 0. The van der Waals surface area contributed by atoms with E-state index in [1.807, 2.05) is 6.07 Å². The number of carbonyl (C=O) groups is 1.